The first-order valence-corrected chi connectivity index (χ1v) is 8.70. The number of rotatable bonds is 7. The first-order chi connectivity index (χ1) is 10.2. The molecule has 1 aliphatic heterocycles. The highest BCUT2D eigenvalue weighted by Crippen LogP contribution is 2.24. The molecule has 1 fully saturated rings. The fraction of sp³-hybridized carbons (Fsp3) is 0.588. The van der Waals surface area contributed by atoms with Crippen LogP contribution < -0.4 is 5.32 Å². The van der Waals surface area contributed by atoms with Gasteiger partial charge in [0.15, 0.2) is 0 Å². The Labute approximate surface area is 132 Å². The summed E-state index contributed by atoms with van der Waals surface area (Å²) < 4.78 is 0. The van der Waals surface area contributed by atoms with Gasteiger partial charge in [0.25, 0.3) is 0 Å². The Morgan fingerprint density at radius 2 is 2.52 bits per heavy atom. The van der Waals surface area contributed by atoms with Gasteiger partial charge < -0.3 is 10.2 Å². The molecule has 1 aliphatic rings. The lowest BCUT2D eigenvalue weighted by Gasteiger charge is -2.30. The van der Waals surface area contributed by atoms with Gasteiger partial charge in [0.2, 0.25) is 5.91 Å². The monoisotopic (exact) mass is 306 g/mol. The van der Waals surface area contributed by atoms with Gasteiger partial charge in [-0.3, -0.25) is 4.79 Å². The first-order valence-electron chi connectivity index (χ1n) is 7.82. The van der Waals surface area contributed by atoms with E-state index in [9.17, 15) is 4.79 Å². The average molecular weight is 306 g/mol. The molecule has 0 aromatic carbocycles. The zero-order chi connectivity index (χ0) is 15.1. The zero-order valence-electron chi connectivity index (χ0n) is 12.9. The molecule has 1 amide bonds. The smallest absolute Gasteiger partial charge is 0.223 e. The van der Waals surface area contributed by atoms with E-state index in [0.717, 1.165) is 13.1 Å². The summed E-state index contributed by atoms with van der Waals surface area (Å²) in [7, 11) is 0. The Bertz CT molecular complexity index is 438. The number of nitrogens with one attached hydrogen (secondary N) is 1. The minimum atomic E-state index is 0.251. The summed E-state index contributed by atoms with van der Waals surface area (Å²) in [4.78, 5) is 15.7. The first kappa shape index (κ1) is 16.2. The van der Waals surface area contributed by atoms with Crippen LogP contribution in [0.5, 0.6) is 0 Å². The van der Waals surface area contributed by atoms with Crippen molar-refractivity contribution in [1.29, 1.82) is 0 Å². The van der Waals surface area contributed by atoms with E-state index >= 15 is 0 Å². The molecule has 2 unspecified atom stereocenters. The van der Waals surface area contributed by atoms with Gasteiger partial charge in [-0.2, -0.15) is 0 Å². The van der Waals surface area contributed by atoms with Crippen LogP contribution in [0.1, 0.15) is 31.1 Å². The van der Waals surface area contributed by atoms with Crippen LogP contribution in [0.25, 0.3) is 0 Å². The van der Waals surface area contributed by atoms with E-state index in [4.69, 9.17) is 0 Å². The largest absolute Gasteiger partial charge is 0.334 e. The molecule has 2 atom stereocenters. The quantitative estimate of drug-likeness (QED) is 0.784. The molecule has 0 spiro atoms. The molecular weight excluding hydrogens is 280 g/mol. The number of carbonyl (C=O) groups is 1. The predicted molar refractivity (Wildman–Crippen MR) is 89.3 cm³/mol. The van der Waals surface area contributed by atoms with Gasteiger partial charge >= 0.3 is 0 Å². The molecule has 1 aromatic rings. The second kappa shape index (κ2) is 8.35. The van der Waals surface area contributed by atoms with Crippen molar-refractivity contribution in [3.63, 3.8) is 0 Å². The molecule has 2 rings (SSSR count). The highest BCUT2D eigenvalue weighted by Gasteiger charge is 2.24. The van der Waals surface area contributed by atoms with Crippen molar-refractivity contribution in [2.75, 3.05) is 19.6 Å². The fourth-order valence-corrected chi connectivity index (χ4v) is 3.66. The van der Waals surface area contributed by atoms with Crippen molar-refractivity contribution in [3.8, 4) is 0 Å². The second-order valence-electron chi connectivity index (χ2n) is 5.93. The Morgan fingerprint density at radius 1 is 1.67 bits per heavy atom. The minimum absolute atomic E-state index is 0.251. The fourth-order valence-electron chi connectivity index (χ4n) is 2.94. The number of hydrogen-bond acceptors (Lipinski definition) is 3. The number of piperidine rings is 1. The van der Waals surface area contributed by atoms with Gasteiger partial charge in [-0.15, -0.1) is 17.9 Å². The van der Waals surface area contributed by atoms with E-state index in [1.807, 2.05) is 17.0 Å². The number of carbonyl (C=O) groups excluding carboxylic acids is 1. The van der Waals surface area contributed by atoms with Gasteiger partial charge in [-0.05, 0) is 49.2 Å². The van der Waals surface area contributed by atoms with E-state index in [2.05, 4.69) is 30.3 Å². The van der Waals surface area contributed by atoms with E-state index in [1.165, 1.54) is 17.7 Å². The Morgan fingerprint density at radius 3 is 3.14 bits per heavy atom. The van der Waals surface area contributed by atoms with Crippen LogP contribution in [0.3, 0.4) is 0 Å². The summed E-state index contributed by atoms with van der Waals surface area (Å²) >= 11 is 1.70. The van der Waals surface area contributed by atoms with Crippen molar-refractivity contribution in [1.82, 2.24) is 10.2 Å². The Kier molecular flexibility index (Phi) is 6.46. The van der Waals surface area contributed by atoms with Gasteiger partial charge in [-0.25, -0.2) is 0 Å². The highest BCUT2D eigenvalue weighted by molar-refractivity contribution is 7.09. The number of amides is 1. The molecule has 4 heteroatoms. The van der Waals surface area contributed by atoms with E-state index in [1.54, 1.807) is 11.3 Å². The van der Waals surface area contributed by atoms with Crippen molar-refractivity contribution in [3.05, 3.63) is 35.0 Å². The van der Waals surface area contributed by atoms with Crippen LogP contribution in [-0.2, 0) is 11.3 Å². The van der Waals surface area contributed by atoms with Gasteiger partial charge in [-0.1, -0.05) is 19.1 Å². The molecule has 21 heavy (non-hydrogen) atoms. The van der Waals surface area contributed by atoms with Crippen LogP contribution in [0, 0.1) is 11.8 Å². The standard InChI is InChI=1S/C17H26N2OS/c1-3-9-19(13-16-7-5-10-21-16)17(20)11-14(2)15-6-4-8-18-12-15/h3,5,7,10,14-15,18H,1,4,6,8-9,11-13H2,2H3. The lowest BCUT2D eigenvalue weighted by molar-refractivity contribution is -0.132. The topological polar surface area (TPSA) is 32.3 Å². The summed E-state index contributed by atoms with van der Waals surface area (Å²) in [6, 6.07) is 4.12. The number of hydrogen-bond donors (Lipinski definition) is 1. The van der Waals surface area contributed by atoms with Crippen molar-refractivity contribution in [2.45, 2.75) is 32.7 Å². The van der Waals surface area contributed by atoms with Gasteiger partial charge in [0, 0.05) is 17.8 Å². The van der Waals surface area contributed by atoms with Crippen LogP contribution in [-0.4, -0.2) is 30.4 Å². The lowest BCUT2D eigenvalue weighted by atomic mass is 9.85. The predicted octanol–water partition coefficient (Wildman–Crippen LogP) is 3.29. The third-order valence-electron chi connectivity index (χ3n) is 4.27. The summed E-state index contributed by atoms with van der Waals surface area (Å²) in [5.74, 6) is 1.33. The summed E-state index contributed by atoms with van der Waals surface area (Å²) in [6.45, 7) is 9.51. The van der Waals surface area contributed by atoms with Crippen LogP contribution in [0.2, 0.25) is 0 Å². The Hall–Kier alpha value is -1.13. The van der Waals surface area contributed by atoms with Crippen molar-refractivity contribution in [2.24, 2.45) is 11.8 Å². The molecule has 1 N–H and O–H groups in total. The normalized spacial score (nSPS) is 20.0. The molecule has 0 saturated carbocycles. The zero-order valence-corrected chi connectivity index (χ0v) is 13.7. The maximum atomic E-state index is 12.6. The maximum absolute atomic E-state index is 12.6. The summed E-state index contributed by atoms with van der Waals surface area (Å²) in [5.41, 5.74) is 0. The van der Waals surface area contributed by atoms with Crippen LogP contribution in [0.4, 0.5) is 0 Å². The van der Waals surface area contributed by atoms with Gasteiger partial charge in [0.05, 0.1) is 6.54 Å². The molecular formula is C17H26N2OS. The third kappa shape index (κ3) is 4.97. The molecule has 0 bridgehead atoms. The molecule has 1 saturated heterocycles. The lowest BCUT2D eigenvalue weighted by Crippen LogP contribution is -2.37. The van der Waals surface area contributed by atoms with E-state index in [-0.39, 0.29) is 5.91 Å². The summed E-state index contributed by atoms with van der Waals surface area (Å²) in [5, 5.41) is 5.50. The maximum Gasteiger partial charge on any atom is 0.223 e. The van der Waals surface area contributed by atoms with Crippen molar-refractivity contribution >= 4 is 17.2 Å². The molecule has 0 aliphatic carbocycles. The number of nitrogens with zero attached hydrogens (tertiary/aromatic N) is 1. The van der Waals surface area contributed by atoms with E-state index < -0.39 is 0 Å². The minimum Gasteiger partial charge on any atom is -0.334 e. The second-order valence-corrected chi connectivity index (χ2v) is 6.96. The van der Waals surface area contributed by atoms with Gasteiger partial charge in [0.1, 0.15) is 0 Å². The van der Waals surface area contributed by atoms with E-state index in [0.29, 0.717) is 31.3 Å². The molecule has 0 radical (unpaired) electrons. The highest BCUT2D eigenvalue weighted by atomic mass is 32.1. The molecule has 116 valence electrons. The summed E-state index contributed by atoms with van der Waals surface area (Å²) in [6.07, 6.45) is 4.94. The van der Waals surface area contributed by atoms with Crippen LogP contribution in [0.15, 0.2) is 30.2 Å². The SMILES string of the molecule is C=CCN(Cc1cccs1)C(=O)CC(C)C1CCCNC1. The van der Waals surface area contributed by atoms with Crippen LogP contribution >= 0.6 is 11.3 Å². The molecule has 3 nitrogen and oxygen atoms in total. The molecule has 2 heterocycles. The Balaban J connectivity index is 1.89. The number of thiophene rings is 1. The van der Waals surface area contributed by atoms with Crippen molar-refractivity contribution < 1.29 is 4.79 Å². The third-order valence-corrected chi connectivity index (χ3v) is 5.13. The average Bonchev–Trinajstić information content (AvgIpc) is 3.00. The molecule has 1 aromatic heterocycles.